The number of rotatable bonds is 3. The molecule has 0 aliphatic heterocycles. The molecule has 0 aromatic heterocycles. The number of hydrogen-bond acceptors (Lipinski definition) is 2. The van der Waals surface area contributed by atoms with E-state index in [1.165, 1.54) is 7.11 Å². The summed E-state index contributed by atoms with van der Waals surface area (Å²) in [5, 5.41) is 0. The lowest BCUT2D eigenvalue weighted by Crippen LogP contribution is -2.03. The van der Waals surface area contributed by atoms with E-state index in [1.54, 1.807) is 12.1 Å². The average Bonchev–Trinajstić information content (AvgIpc) is 2.16. The summed E-state index contributed by atoms with van der Waals surface area (Å²) in [7, 11) is 1.52. The van der Waals surface area contributed by atoms with Crippen molar-refractivity contribution >= 4 is 33.3 Å². The number of carbonyl (C=O) groups is 1. The topological polar surface area (TPSA) is 26.3 Å². The van der Waals surface area contributed by atoms with Gasteiger partial charge in [0, 0.05) is 0 Å². The summed E-state index contributed by atoms with van der Waals surface area (Å²) in [6.07, 6.45) is 0. The minimum Gasteiger partial charge on any atom is -0.495 e. The highest BCUT2D eigenvalue weighted by Crippen LogP contribution is 2.28. The van der Waals surface area contributed by atoms with E-state index in [-0.39, 0.29) is 11.7 Å². The molecule has 0 saturated carbocycles. The number of alkyl halides is 1. The number of methoxy groups -OCH3 is 1. The highest BCUT2D eigenvalue weighted by Gasteiger charge is 2.12. The number of carbonyl (C=O) groups excluding carboxylic acids is 1. The quantitative estimate of drug-likeness (QED) is 0.619. The maximum absolute atomic E-state index is 11.3. The van der Waals surface area contributed by atoms with Gasteiger partial charge in [0.05, 0.1) is 23.0 Å². The maximum atomic E-state index is 11.3. The molecule has 0 heterocycles. The van der Waals surface area contributed by atoms with Crippen LogP contribution in [0.15, 0.2) is 22.7 Å². The zero-order valence-electron chi connectivity index (χ0n) is 7.01. The molecule has 0 aliphatic rings. The van der Waals surface area contributed by atoms with Gasteiger partial charge >= 0.3 is 0 Å². The van der Waals surface area contributed by atoms with Gasteiger partial charge in [0.1, 0.15) is 5.75 Å². The Balaban J connectivity index is 3.20. The Kier molecular flexibility index (Phi) is 3.75. The van der Waals surface area contributed by atoms with Crippen LogP contribution in [0.2, 0.25) is 0 Å². The fraction of sp³-hybridized carbons (Fsp3) is 0.222. The van der Waals surface area contributed by atoms with E-state index in [0.717, 1.165) is 4.47 Å². The molecule has 1 rings (SSSR count). The van der Waals surface area contributed by atoms with Gasteiger partial charge in [-0.05, 0) is 28.1 Å². The molecular weight excluding hydrogens is 255 g/mol. The molecule has 70 valence electrons. The predicted octanol–water partition coefficient (Wildman–Crippen LogP) is 2.88. The van der Waals surface area contributed by atoms with Crippen LogP contribution < -0.4 is 4.74 Å². The Morgan fingerprint density at radius 3 is 2.85 bits per heavy atom. The minimum absolute atomic E-state index is 0.0349. The Bertz CT molecular complexity index is 325. The van der Waals surface area contributed by atoms with Crippen molar-refractivity contribution in [2.45, 2.75) is 0 Å². The van der Waals surface area contributed by atoms with Gasteiger partial charge in [-0.15, -0.1) is 11.6 Å². The van der Waals surface area contributed by atoms with Crippen LogP contribution in [0, 0.1) is 0 Å². The number of para-hydroxylation sites is 1. The first-order valence-corrected chi connectivity index (χ1v) is 4.95. The lowest BCUT2D eigenvalue weighted by atomic mass is 10.1. The molecule has 0 amide bonds. The smallest absolute Gasteiger partial charge is 0.181 e. The third kappa shape index (κ3) is 2.23. The third-order valence-corrected chi connectivity index (χ3v) is 2.46. The van der Waals surface area contributed by atoms with Gasteiger partial charge in [0.25, 0.3) is 0 Å². The van der Waals surface area contributed by atoms with Crippen LogP contribution in [-0.4, -0.2) is 18.8 Å². The monoisotopic (exact) mass is 262 g/mol. The van der Waals surface area contributed by atoms with E-state index in [4.69, 9.17) is 16.3 Å². The Morgan fingerprint density at radius 1 is 1.62 bits per heavy atom. The molecule has 1 aromatic carbocycles. The van der Waals surface area contributed by atoms with Crippen molar-refractivity contribution in [3.63, 3.8) is 0 Å². The van der Waals surface area contributed by atoms with E-state index in [0.29, 0.717) is 11.3 Å². The second-order valence-corrected chi connectivity index (χ2v) is 3.50. The second kappa shape index (κ2) is 4.63. The van der Waals surface area contributed by atoms with E-state index in [1.807, 2.05) is 6.07 Å². The van der Waals surface area contributed by atoms with Gasteiger partial charge in [-0.2, -0.15) is 0 Å². The predicted molar refractivity (Wildman–Crippen MR) is 55.7 cm³/mol. The summed E-state index contributed by atoms with van der Waals surface area (Å²) in [5.74, 6) is 0.361. The highest BCUT2D eigenvalue weighted by atomic mass is 79.9. The standard InChI is InChI=1S/C9H8BrClO2/c1-13-9-6(8(12)5-11)3-2-4-7(9)10/h2-4H,5H2,1H3. The van der Waals surface area contributed by atoms with E-state index < -0.39 is 0 Å². The largest absolute Gasteiger partial charge is 0.495 e. The number of ketones is 1. The van der Waals surface area contributed by atoms with Gasteiger partial charge in [-0.1, -0.05) is 6.07 Å². The van der Waals surface area contributed by atoms with Crippen molar-refractivity contribution in [1.29, 1.82) is 0 Å². The Labute approximate surface area is 90.0 Å². The number of hydrogen-bond donors (Lipinski definition) is 0. The molecule has 13 heavy (non-hydrogen) atoms. The normalized spacial score (nSPS) is 9.77. The molecule has 0 fully saturated rings. The molecule has 0 aliphatic carbocycles. The van der Waals surface area contributed by atoms with Gasteiger partial charge < -0.3 is 4.74 Å². The number of ether oxygens (including phenoxy) is 1. The molecule has 1 aromatic rings. The lowest BCUT2D eigenvalue weighted by Gasteiger charge is -2.07. The molecule has 2 nitrogen and oxygen atoms in total. The van der Waals surface area contributed by atoms with Crippen LogP contribution in [0.5, 0.6) is 5.75 Å². The minimum atomic E-state index is -0.139. The summed E-state index contributed by atoms with van der Waals surface area (Å²) in [6, 6.07) is 5.27. The molecule has 0 atom stereocenters. The first-order chi connectivity index (χ1) is 6.20. The Morgan fingerprint density at radius 2 is 2.31 bits per heavy atom. The number of benzene rings is 1. The summed E-state index contributed by atoms with van der Waals surface area (Å²) < 4.78 is 5.83. The maximum Gasteiger partial charge on any atom is 0.181 e. The van der Waals surface area contributed by atoms with E-state index >= 15 is 0 Å². The lowest BCUT2D eigenvalue weighted by molar-refractivity contribution is 0.101. The van der Waals surface area contributed by atoms with Crippen LogP contribution in [0.4, 0.5) is 0 Å². The van der Waals surface area contributed by atoms with E-state index in [9.17, 15) is 4.79 Å². The third-order valence-electron chi connectivity index (χ3n) is 1.59. The van der Waals surface area contributed by atoms with Gasteiger partial charge in [0.2, 0.25) is 0 Å². The second-order valence-electron chi connectivity index (χ2n) is 2.38. The van der Waals surface area contributed by atoms with Gasteiger partial charge in [0.15, 0.2) is 5.78 Å². The summed E-state index contributed by atoms with van der Waals surface area (Å²) in [5.41, 5.74) is 0.506. The van der Waals surface area contributed by atoms with Crippen LogP contribution in [-0.2, 0) is 0 Å². The summed E-state index contributed by atoms with van der Waals surface area (Å²) in [4.78, 5) is 11.3. The van der Waals surface area contributed by atoms with Crippen LogP contribution >= 0.6 is 27.5 Å². The van der Waals surface area contributed by atoms with E-state index in [2.05, 4.69) is 15.9 Å². The molecule has 0 saturated heterocycles. The van der Waals surface area contributed by atoms with Crippen molar-refractivity contribution in [2.24, 2.45) is 0 Å². The zero-order valence-corrected chi connectivity index (χ0v) is 9.35. The van der Waals surface area contributed by atoms with Crippen molar-refractivity contribution in [3.8, 4) is 5.75 Å². The van der Waals surface area contributed by atoms with Crippen LogP contribution in [0.3, 0.4) is 0 Å². The Hall–Kier alpha value is -0.540. The molecule has 4 heteroatoms. The summed E-state index contributed by atoms with van der Waals surface area (Å²) >= 11 is 8.73. The SMILES string of the molecule is COc1c(Br)cccc1C(=O)CCl. The molecule has 0 radical (unpaired) electrons. The zero-order chi connectivity index (χ0) is 9.84. The fourth-order valence-corrected chi connectivity index (χ4v) is 1.68. The molecule has 0 spiro atoms. The van der Waals surface area contributed by atoms with Crippen LogP contribution in [0.1, 0.15) is 10.4 Å². The number of Topliss-reactive ketones (excluding diaryl/α,β-unsaturated/α-hetero) is 1. The summed E-state index contributed by atoms with van der Waals surface area (Å²) in [6.45, 7) is 0. The molecule has 0 unspecified atom stereocenters. The number of halogens is 2. The van der Waals surface area contributed by atoms with Gasteiger partial charge in [-0.3, -0.25) is 4.79 Å². The first kappa shape index (κ1) is 10.5. The van der Waals surface area contributed by atoms with Gasteiger partial charge in [-0.25, -0.2) is 0 Å². The van der Waals surface area contributed by atoms with Crippen molar-refractivity contribution in [3.05, 3.63) is 28.2 Å². The fourth-order valence-electron chi connectivity index (χ4n) is 1.01. The van der Waals surface area contributed by atoms with Crippen molar-refractivity contribution in [1.82, 2.24) is 0 Å². The molecule has 0 N–H and O–H groups in total. The van der Waals surface area contributed by atoms with Crippen molar-refractivity contribution < 1.29 is 9.53 Å². The van der Waals surface area contributed by atoms with Crippen LogP contribution in [0.25, 0.3) is 0 Å². The first-order valence-electron chi connectivity index (χ1n) is 3.62. The molecular formula is C9H8BrClO2. The van der Waals surface area contributed by atoms with Crippen molar-refractivity contribution in [2.75, 3.05) is 13.0 Å². The molecule has 0 bridgehead atoms. The highest BCUT2D eigenvalue weighted by molar-refractivity contribution is 9.10. The average molecular weight is 264 g/mol.